The Morgan fingerprint density at radius 1 is 0.963 bits per heavy atom. The van der Waals surface area contributed by atoms with E-state index in [-0.39, 0.29) is 5.91 Å². The molecule has 27 heavy (non-hydrogen) atoms. The molecule has 0 atom stereocenters. The fourth-order valence-corrected chi connectivity index (χ4v) is 2.60. The van der Waals surface area contributed by atoms with Gasteiger partial charge in [0.15, 0.2) is 11.5 Å². The quantitative estimate of drug-likeness (QED) is 0.700. The van der Waals surface area contributed by atoms with E-state index >= 15 is 0 Å². The molecule has 0 radical (unpaired) electrons. The van der Waals surface area contributed by atoms with Crippen molar-refractivity contribution in [3.63, 3.8) is 0 Å². The normalized spacial score (nSPS) is 10.3. The molecule has 138 valence electrons. The lowest BCUT2D eigenvalue weighted by atomic mass is 10.2. The molecule has 0 spiro atoms. The maximum Gasteiger partial charge on any atom is 0.272 e. The topological polar surface area (TPSA) is 67.3 Å². The van der Waals surface area contributed by atoms with Crippen LogP contribution in [0.15, 0.2) is 66.7 Å². The predicted octanol–water partition coefficient (Wildman–Crippen LogP) is 3.05. The molecule has 0 saturated heterocycles. The number of nitrogens with zero attached hydrogens (tertiary/aromatic N) is 3. The lowest BCUT2D eigenvalue weighted by molar-refractivity contribution is 0.0945. The first-order valence-electron chi connectivity index (χ1n) is 8.65. The largest absolute Gasteiger partial charge is 0.497 e. The molecule has 0 bridgehead atoms. The first-order chi connectivity index (χ1) is 13.2. The van der Waals surface area contributed by atoms with Crippen LogP contribution in [-0.4, -0.2) is 30.3 Å². The minimum Gasteiger partial charge on any atom is -0.497 e. The van der Waals surface area contributed by atoms with Gasteiger partial charge in [-0.1, -0.05) is 42.5 Å². The Morgan fingerprint density at radius 3 is 2.33 bits per heavy atom. The second-order valence-corrected chi connectivity index (χ2v) is 6.15. The third-order valence-corrected chi connectivity index (χ3v) is 4.15. The Kier molecular flexibility index (Phi) is 5.99. The monoisotopic (exact) mass is 362 g/mol. The van der Waals surface area contributed by atoms with Gasteiger partial charge in [-0.05, 0) is 35.4 Å². The van der Waals surface area contributed by atoms with E-state index in [0.717, 1.165) is 17.9 Å². The highest BCUT2D eigenvalue weighted by molar-refractivity contribution is 5.92. The molecule has 0 unspecified atom stereocenters. The van der Waals surface area contributed by atoms with Gasteiger partial charge >= 0.3 is 0 Å². The molecule has 0 aliphatic rings. The summed E-state index contributed by atoms with van der Waals surface area (Å²) in [4.78, 5) is 14.2. The van der Waals surface area contributed by atoms with E-state index in [0.29, 0.717) is 18.1 Å². The zero-order valence-electron chi connectivity index (χ0n) is 15.4. The molecule has 1 amide bonds. The SMILES string of the molecule is COc1ccc(CNC(=O)c2ccc(N(C)Cc3ccccc3)nn2)cc1. The Labute approximate surface area is 158 Å². The number of anilines is 1. The molecule has 3 aromatic rings. The van der Waals surface area contributed by atoms with E-state index in [2.05, 4.69) is 27.6 Å². The van der Waals surface area contributed by atoms with Crippen molar-refractivity contribution in [3.05, 3.63) is 83.6 Å². The summed E-state index contributed by atoms with van der Waals surface area (Å²) in [5.74, 6) is 1.24. The fourth-order valence-electron chi connectivity index (χ4n) is 2.60. The van der Waals surface area contributed by atoms with E-state index in [1.165, 1.54) is 5.56 Å². The molecule has 1 N–H and O–H groups in total. The highest BCUT2D eigenvalue weighted by Gasteiger charge is 2.10. The summed E-state index contributed by atoms with van der Waals surface area (Å²) in [5.41, 5.74) is 2.46. The molecule has 0 fully saturated rings. The fraction of sp³-hybridized carbons (Fsp3) is 0.190. The Morgan fingerprint density at radius 2 is 1.70 bits per heavy atom. The number of nitrogens with one attached hydrogen (secondary N) is 1. The zero-order valence-corrected chi connectivity index (χ0v) is 15.4. The number of aromatic nitrogens is 2. The standard InChI is InChI=1S/C21H22N4O2/c1-25(15-17-6-4-3-5-7-17)20-13-12-19(23-24-20)21(26)22-14-16-8-10-18(27-2)11-9-16/h3-13H,14-15H2,1-2H3,(H,22,26). The molecule has 6 nitrogen and oxygen atoms in total. The van der Waals surface area contributed by atoms with Gasteiger partial charge in [-0.2, -0.15) is 0 Å². The van der Waals surface area contributed by atoms with Crippen molar-refractivity contribution in [2.45, 2.75) is 13.1 Å². The van der Waals surface area contributed by atoms with Gasteiger partial charge in [0, 0.05) is 20.1 Å². The third kappa shape index (κ3) is 5.04. The Balaban J connectivity index is 1.56. The van der Waals surface area contributed by atoms with E-state index in [1.807, 2.05) is 54.4 Å². The van der Waals surface area contributed by atoms with Crippen molar-refractivity contribution in [1.29, 1.82) is 0 Å². The number of ether oxygens (including phenoxy) is 1. The van der Waals surface area contributed by atoms with Gasteiger partial charge in [-0.25, -0.2) is 0 Å². The van der Waals surface area contributed by atoms with Crippen molar-refractivity contribution >= 4 is 11.7 Å². The molecule has 3 rings (SSSR count). The van der Waals surface area contributed by atoms with Crippen LogP contribution in [0.2, 0.25) is 0 Å². The number of carbonyl (C=O) groups excluding carboxylic acids is 1. The second kappa shape index (κ2) is 8.80. The molecule has 6 heteroatoms. The average Bonchev–Trinajstić information content (AvgIpc) is 2.73. The van der Waals surface area contributed by atoms with Crippen LogP contribution in [0.5, 0.6) is 5.75 Å². The van der Waals surface area contributed by atoms with Crippen molar-refractivity contribution in [3.8, 4) is 5.75 Å². The highest BCUT2D eigenvalue weighted by Crippen LogP contribution is 2.13. The molecule has 0 aliphatic carbocycles. The zero-order chi connectivity index (χ0) is 19.1. The Hall–Kier alpha value is -3.41. The number of benzene rings is 2. The van der Waals surface area contributed by atoms with E-state index in [9.17, 15) is 4.79 Å². The molecular weight excluding hydrogens is 340 g/mol. The van der Waals surface area contributed by atoms with Gasteiger partial charge < -0.3 is 15.0 Å². The summed E-state index contributed by atoms with van der Waals surface area (Å²) in [6.07, 6.45) is 0. The molecule has 1 aromatic heterocycles. The van der Waals surface area contributed by atoms with Crippen LogP contribution in [0.1, 0.15) is 21.6 Å². The van der Waals surface area contributed by atoms with E-state index in [4.69, 9.17) is 4.74 Å². The van der Waals surface area contributed by atoms with E-state index < -0.39 is 0 Å². The molecule has 2 aromatic carbocycles. The minimum atomic E-state index is -0.254. The smallest absolute Gasteiger partial charge is 0.272 e. The second-order valence-electron chi connectivity index (χ2n) is 6.15. The van der Waals surface area contributed by atoms with Crippen LogP contribution < -0.4 is 15.0 Å². The van der Waals surface area contributed by atoms with Gasteiger partial charge in [0.1, 0.15) is 5.75 Å². The summed E-state index contributed by atoms with van der Waals surface area (Å²) < 4.78 is 5.12. The van der Waals surface area contributed by atoms with Crippen LogP contribution in [0.25, 0.3) is 0 Å². The number of hydrogen-bond acceptors (Lipinski definition) is 5. The van der Waals surface area contributed by atoms with Gasteiger partial charge in [-0.15, -0.1) is 10.2 Å². The van der Waals surface area contributed by atoms with Gasteiger partial charge in [-0.3, -0.25) is 4.79 Å². The summed E-state index contributed by atoms with van der Waals surface area (Å²) >= 11 is 0. The van der Waals surface area contributed by atoms with Crippen LogP contribution in [-0.2, 0) is 13.1 Å². The number of rotatable bonds is 7. The Bertz CT molecular complexity index is 865. The summed E-state index contributed by atoms with van der Waals surface area (Å²) in [6.45, 7) is 1.14. The first kappa shape index (κ1) is 18.4. The summed E-state index contributed by atoms with van der Waals surface area (Å²) in [6, 6.07) is 21.1. The van der Waals surface area contributed by atoms with Gasteiger partial charge in [0.25, 0.3) is 5.91 Å². The lowest BCUT2D eigenvalue weighted by Gasteiger charge is -2.17. The van der Waals surface area contributed by atoms with E-state index in [1.54, 1.807) is 19.2 Å². The predicted molar refractivity (Wildman–Crippen MR) is 105 cm³/mol. The third-order valence-electron chi connectivity index (χ3n) is 4.15. The van der Waals surface area contributed by atoms with Crippen molar-refractivity contribution in [2.24, 2.45) is 0 Å². The molecular formula is C21H22N4O2. The van der Waals surface area contributed by atoms with Gasteiger partial charge in [0.2, 0.25) is 0 Å². The molecule has 1 heterocycles. The summed E-state index contributed by atoms with van der Waals surface area (Å²) in [5, 5.41) is 11.1. The van der Waals surface area contributed by atoms with Crippen LogP contribution in [0.3, 0.4) is 0 Å². The molecule has 0 saturated carbocycles. The van der Waals surface area contributed by atoms with Crippen molar-refractivity contribution in [1.82, 2.24) is 15.5 Å². The highest BCUT2D eigenvalue weighted by atomic mass is 16.5. The number of hydrogen-bond donors (Lipinski definition) is 1. The summed E-state index contributed by atoms with van der Waals surface area (Å²) in [7, 11) is 3.57. The minimum absolute atomic E-state index is 0.254. The maximum absolute atomic E-state index is 12.3. The van der Waals surface area contributed by atoms with Gasteiger partial charge in [0.05, 0.1) is 7.11 Å². The van der Waals surface area contributed by atoms with Crippen LogP contribution in [0.4, 0.5) is 5.82 Å². The first-order valence-corrected chi connectivity index (χ1v) is 8.65. The molecule has 0 aliphatic heterocycles. The number of amides is 1. The maximum atomic E-state index is 12.3. The number of methoxy groups -OCH3 is 1. The van der Waals surface area contributed by atoms with Crippen LogP contribution >= 0.6 is 0 Å². The van der Waals surface area contributed by atoms with Crippen LogP contribution in [0, 0.1) is 0 Å². The van der Waals surface area contributed by atoms with Crippen molar-refractivity contribution in [2.75, 3.05) is 19.1 Å². The van der Waals surface area contributed by atoms with Crippen molar-refractivity contribution < 1.29 is 9.53 Å². The number of carbonyl (C=O) groups is 1. The average molecular weight is 362 g/mol. The lowest BCUT2D eigenvalue weighted by Crippen LogP contribution is -2.25.